The van der Waals surface area contributed by atoms with Crippen molar-refractivity contribution in [2.75, 3.05) is 13.2 Å². The molecule has 152 valence electrons. The van der Waals surface area contributed by atoms with Crippen LogP contribution in [0.5, 0.6) is 0 Å². The number of aromatic nitrogens is 2. The minimum absolute atomic E-state index is 0.516. The normalized spacial score (nSPS) is 14.9. The van der Waals surface area contributed by atoms with Crippen LogP contribution in [0, 0.1) is 6.92 Å². The molecule has 27 heavy (non-hydrogen) atoms. The third-order valence-electron chi connectivity index (χ3n) is 4.56. The zero-order valence-corrected chi connectivity index (χ0v) is 18.2. The summed E-state index contributed by atoms with van der Waals surface area (Å²) in [5.74, 6) is 0.516. The highest BCUT2D eigenvalue weighted by atomic mass is 16.5. The molecule has 0 spiro atoms. The van der Waals surface area contributed by atoms with E-state index in [1.807, 2.05) is 46.0 Å². The van der Waals surface area contributed by atoms with Crippen molar-refractivity contribution in [2.24, 2.45) is 0 Å². The fraction of sp³-hybridized carbons (Fsp3) is 0.609. The van der Waals surface area contributed by atoms with Crippen molar-refractivity contribution in [2.45, 2.75) is 78.9 Å². The second-order valence-electron chi connectivity index (χ2n) is 7.68. The largest absolute Gasteiger partial charge is 0.386 e. The molecular weight excluding hydrogens is 336 g/mol. The van der Waals surface area contributed by atoms with E-state index in [1.165, 1.54) is 11.1 Å². The van der Waals surface area contributed by atoms with Crippen molar-refractivity contribution in [3.05, 3.63) is 53.3 Å². The summed E-state index contributed by atoms with van der Waals surface area (Å²) in [5, 5.41) is 14.1. The van der Waals surface area contributed by atoms with Gasteiger partial charge in [-0.3, -0.25) is 4.68 Å². The lowest BCUT2D eigenvalue weighted by atomic mass is 9.93. The van der Waals surface area contributed by atoms with E-state index < -0.39 is 5.60 Å². The van der Waals surface area contributed by atoms with E-state index in [0.29, 0.717) is 12.0 Å². The van der Waals surface area contributed by atoms with Crippen molar-refractivity contribution in [3.63, 3.8) is 0 Å². The zero-order chi connectivity index (χ0) is 20.4. The number of ether oxygens (including phenoxy) is 1. The Labute approximate surface area is 165 Å². The molecule has 0 radical (unpaired) electrons. The summed E-state index contributed by atoms with van der Waals surface area (Å²) in [5.41, 5.74) is 2.77. The number of rotatable bonds is 3. The Hall–Kier alpha value is -1.65. The molecule has 2 aromatic rings. The standard InChI is InChI=1S/C12H18O.C9H14N2O.C2H6/c1-9(2)10-6-5-7-11(8-10)12(3,4)13;1-8-6-10-11(7-8)9-2-4-12-5-3-9;1-2/h5-9,13H,1-4H3;6-7,9H,2-5H2,1H3;1-2H3. The molecule has 0 saturated carbocycles. The van der Waals surface area contributed by atoms with Crippen molar-refractivity contribution in [1.29, 1.82) is 0 Å². The fourth-order valence-electron chi connectivity index (χ4n) is 2.86. The van der Waals surface area contributed by atoms with E-state index in [-0.39, 0.29) is 0 Å². The van der Waals surface area contributed by atoms with Gasteiger partial charge in [-0.1, -0.05) is 52.0 Å². The highest BCUT2D eigenvalue weighted by molar-refractivity contribution is 5.28. The number of nitrogens with zero attached hydrogens (tertiary/aromatic N) is 2. The van der Waals surface area contributed by atoms with Gasteiger partial charge in [-0.25, -0.2) is 0 Å². The number of aliphatic hydroxyl groups is 1. The van der Waals surface area contributed by atoms with Crippen LogP contribution in [0.3, 0.4) is 0 Å². The number of aryl methyl sites for hydroxylation is 1. The van der Waals surface area contributed by atoms with E-state index in [0.717, 1.165) is 31.6 Å². The SMILES string of the molecule is CC.CC(C)c1cccc(C(C)(C)O)c1.Cc1cnn(C2CCOCC2)c1. The molecule has 1 aromatic carbocycles. The number of hydrogen-bond donors (Lipinski definition) is 1. The molecule has 0 bridgehead atoms. The topological polar surface area (TPSA) is 47.3 Å². The van der Waals surface area contributed by atoms with Crippen LogP contribution >= 0.6 is 0 Å². The zero-order valence-electron chi connectivity index (χ0n) is 18.2. The monoisotopic (exact) mass is 374 g/mol. The van der Waals surface area contributed by atoms with Crippen LogP contribution in [0.15, 0.2) is 36.7 Å². The van der Waals surface area contributed by atoms with E-state index in [2.05, 4.69) is 48.9 Å². The molecule has 1 aliphatic heterocycles. The van der Waals surface area contributed by atoms with Crippen molar-refractivity contribution in [3.8, 4) is 0 Å². The second kappa shape index (κ2) is 11.3. The Morgan fingerprint density at radius 1 is 1.19 bits per heavy atom. The fourth-order valence-corrected chi connectivity index (χ4v) is 2.86. The molecule has 0 unspecified atom stereocenters. The van der Waals surface area contributed by atoms with Crippen molar-refractivity contribution >= 4 is 0 Å². The quantitative estimate of drug-likeness (QED) is 0.760. The van der Waals surface area contributed by atoms with Crippen molar-refractivity contribution in [1.82, 2.24) is 9.78 Å². The second-order valence-corrected chi connectivity index (χ2v) is 7.68. The average Bonchev–Trinajstić information content (AvgIpc) is 3.10. The Morgan fingerprint density at radius 3 is 2.30 bits per heavy atom. The molecule has 0 aliphatic carbocycles. The molecule has 2 heterocycles. The van der Waals surface area contributed by atoms with Gasteiger partial charge < -0.3 is 9.84 Å². The first-order chi connectivity index (χ1) is 12.8. The molecule has 4 heteroatoms. The van der Waals surface area contributed by atoms with Gasteiger partial charge in [0.2, 0.25) is 0 Å². The Kier molecular flexibility index (Phi) is 9.75. The lowest BCUT2D eigenvalue weighted by molar-refractivity contribution is 0.0662. The lowest BCUT2D eigenvalue weighted by Gasteiger charge is -2.22. The number of hydrogen-bond acceptors (Lipinski definition) is 3. The molecule has 1 aromatic heterocycles. The van der Waals surface area contributed by atoms with Crippen LogP contribution in [0.1, 0.15) is 83.0 Å². The summed E-state index contributed by atoms with van der Waals surface area (Å²) in [6.45, 7) is 15.8. The Balaban J connectivity index is 0.000000248. The van der Waals surface area contributed by atoms with Crippen molar-refractivity contribution < 1.29 is 9.84 Å². The maximum absolute atomic E-state index is 9.80. The van der Waals surface area contributed by atoms with Crippen LogP contribution in [0.4, 0.5) is 0 Å². The minimum Gasteiger partial charge on any atom is -0.386 e. The minimum atomic E-state index is -0.731. The van der Waals surface area contributed by atoms with Gasteiger partial charge in [0.05, 0.1) is 17.8 Å². The summed E-state index contributed by atoms with van der Waals surface area (Å²) in [4.78, 5) is 0. The maximum Gasteiger partial charge on any atom is 0.0840 e. The Morgan fingerprint density at radius 2 is 1.81 bits per heavy atom. The molecule has 4 nitrogen and oxygen atoms in total. The van der Waals surface area contributed by atoms with Crippen LogP contribution < -0.4 is 0 Å². The molecular formula is C23H38N2O2. The van der Waals surface area contributed by atoms with Gasteiger partial charge in [-0.15, -0.1) is 0 Å². The first kappa shape index (κ1) is 23.4. The lowest BCUT2D eigenvalue weighted by Crippen LogP contribution is -2.19. The summed E-state index contributed by atoms with van der Waals surface area (Å²) >= 11 is 0. The van der Waals surface area contributed by atoms with E-state index in [4.69, 9.17) is 4.74 Å². The summed E-state index contributed by atoms with van der Waals surface area (Å²) in [6, 6.07) is 8.70. The third-order valence-corrected chi connectivity index (χ3v) is 4.56. The predicted molar refractivity (Wildman–Crippen MR) is 113 cm³/mol. The first-order valence-electron chi connectivity index (χ1n) is 10.2. The smallest absolute Gasteiger partial charge is 0.0840 e. The van der Waals surface area contributed by atoms with Gasteiger partial charge >= 0.3 is 0 Å². The van der Waals surface area contributed by atoms with Crippen LogP contribution in [0.25, 0.3) is 0 Å². The molecule has 0 amide bonds. The van der Waals surface area contributed by atoms with Crippen LogP contribution in [0.2, 0.25) is 0 Å². The van der Waals surface area contributed by atoms with Gasteiger partial charge in [-0.2, -0.15) is 5.10 Å². The van der Waals surface area contributed by atoms with Crippen LogP contribution in [-0.2, 0) is 10.3 Å². The summed E-state index contributed by atoms with van der Waals surface area (Å²) in [7, 11) is 0. The molecule has 3 rings (SSSR count). The van der Waals surface area contributed by atoms with Gasteiger partial charge in [0.1, 0.15) is 0 Å². The molecule has 1 N–H and O–H groups in total. The van der Waals surface area contributed by atoms with E-state index in [1.54, 1.807) is 0 Å². The molecule has 1 fully saturated rings. The number of benzene rings is 1. The summed E-state index contributed by atoms with van der Waals surface area (Å²) in [6.07, 6.45) is 6.22. The average molecular weight is 375 g/mol. The Bertz CT molecular complexity index is 650. The van der Waals surface area contributed by atoms with Gasteiger partial charge in [0.15, 0.2) is 0 Å². The van der Waals surface area contributed by atoms with E-state index >= 15 is 0 Å². The molecule has 1 saturated heterocycles. The molecule has 1 aliphatic rings. The van der Waals surface area contributed by atoms with Gasteiger partial charge in [-0.05, 0) is 56.2 Å². The maximum atomic E-state index is 9.80. The third kappa shape index (κ3) is 7.86. The molecule has 0 atom stereocenters. The first-order valence-corrected chi connectivity index (χ1v) is 10.2. The van der Waals surface area contributed by atoms with Gasteiger partial charge in [0.25, 0.3) is 0 Å². The highest BCUT2D eigenvalue weighted by Gasteiger charge is 2.16. The van der Waals surface area contributed by atoms with E-state index in [9.17, 15) is 5.11 Å². The van der Waals surface area contributed by atoms with Gasteiger partial charge in [0, 0.05) is 19.4 Å². The highest BCUT2D eigenvalue weighted by Crippen LogP contribution is 2.23. The van der Waals surface area contributed by atoms with Crippen LogP contribution in [-0.4, -0.2) is 28.1 Å². The predicted octanol–water partition coefficient (Wildman–Crippen LogP) is 5.61. The summed E-state index contributed by atoms with van der Waals surface area (Å²) < 4.78 is 7.35.